The van der Waals surface area contributed by atoms with Crippen molar-refractivity contribution in [1.82, 2.24) is 0 Å². The standard InChI is InChI=1S/C8H16O2.C5H11NO/c1-3-5-6-7(4-2)8(9)10;1-6-2-4-7-5-3-6/h7H,3-6H2,1-2H3,(H,9,10);2-5H2,1H3. The van der Waals surface area contributed by atoms with Crippen molar-refractivity contribution >= 4 is 5.97 Å². The van der Waals surface area contributed by atoms with Crippen molar-refractivity contribution in [1.29, 1.82) is 0 Å². The summed E-state index contributed by atoms with van der Waals surface area (Å²) in [6.45, 7) is 8.20. The van der Waals surface area contributed by atoms with E-state index in [0.717, 1.165) is 32.5 Å². The molecule has 0 amide bonds. The number of hydrogen-bond acceptors (Lipinski definition) is 3. The number of quaternary nitrogens is 1. The van der Waals surface area contributed by atoms with Gasteiger partial charge in [0, 0.05) is 5.97 Å². The topological polar surface area (TPSA) is 53.8 Å². The fraction of sp³-hybridized carbons (Fsp3) is 0.923. The zero-order valence-corrected chi connectivity index (χ0v) is 11.5. The van der Waals surface area contributed by atoms with Crippen LogP contribution in [0.15, 0.2) is 0 Å². The van der Waals surface area contributed by atoms with Crippen LogP contribution in [0.3, 0.4) is 0 Å². The summed E-state index contributed by atoms with van der Waals surface area (Å²) in [5.74, 6) is -1.11. The fourth-order valence-corrected chi connectivity index (χ4v) is 1.66. The van der Waals surface area contributed by atoms with Crippen LogP contribution < -0.4 is 10.0 Å². The van der Waals surface area contributed by atoms with Gasteiger partial charge in [-0.05, 0) is 18.8 Å². The minimum atomic E-state index is -0.893. The number of unbranched alkanes of at least 4 members (excludes halogenated alkanes) is 1. The molecule has 1 aliphatic rings. The van der Waals surface area contributed by atoms with Crippen LogP contribution >= 0.6 is 0 Å². The van der Waals surface area contributed by atoms with Gasteiger partial charge in [0.2, 0.25) is 0 Å². The quantitative estimate of drug-likeness (QED) is 0.709. The highest BCUT2D eigenvalue weighted by molar-refractivity contribution is 5.67. The Hall–Kier alpha value is -0.610. The molecule has 1 heterocycles. The number of aliphatic carboxylic acids is 1. The summed E-state index contributed by atoms with van der Waals surface area (Å²) in [4.78, 5) is 11.9. The van der Waals surface area contributed by atoms with Crippen LogP contribution in [0.1, 0.15) is 39.5 Å². The lowest BCUT2D eigenvalue weighted by atomic mass is 10.00. The Morgan fingerprint density at radius 2 is 1.94 bits per heavy atom. The van der Waals surface area contributed by atoms with Crippen LogP contribution in [0.25, 0.3) is 0 Å². The lowest BCUT2D eigenvalue weighted by Gasteiger charge is -2.18. The maximum atomic E-state index is 10.3. The molecule has 0 aromatic rings. The highest BCUT2D eigenvalue weighted by Crippen LogP contribution is 2.10. The van der Waals surface area contributed by atoms with Crippen molar-refractivity contribution in [2.45, 2.75) is 39.5 Å². The predicted molar refractivity (Wildman–Crippen MR) is 65.8 cm³/mol. The number of likely N-dealkylation sites (N-methyl/N-ethyl adjacent to an activating group) is 1. The molecule has 4 heteroatoms. The molecule has 1 fully saturated rings. The molecule has 1 aliphatic heterocycles. The van der Waals surface area contributed by atoms with Crippen molar-refractivity contribution in [2.75, 3.05) is 33.4 Å². The first-order valence-corrected chi connectivity index (χ1v) is 6.71. The molecule has 17 heavy (non-hydrogen) atoms. The number of rotatable bonds is 5. The molecule has 1 saturated heterocycles. The van der Waals surface area contributed by atoms with E-state index in [0.29, 0.717) is 6.42 Å². The van der Waals surface area contributed by atoms with E-state index in [4.69, 9.17) is 4.74 Å². The minimum Gasteiger partial charge on any atom is -0.550 e. The molecule has 0 aromatic heterocycles. The monoisotopic (exact) mass is 245 g/mol. The lowest BCUT2D eigenvalue weighted by molar-refractivity contribution is -0.888. The van der Waals surface area contributed by atoms with Gasteiger partial charge in [-0.3, -0.25) is 0 Å². The van der Waals surface area contributed by atoms with E-state index in [2.05, 4.69) is 14.0 Å². The average molecular weight is 245 g/mol. The van der Waals surface area contributed by atoms with Gasteiger partial charge < -0.3 is 19.5 Å². The van der Waals surface area contributed by atoms with E-state index in [1.165, 1.54) is 13.1 Å². The Bertz CT molecular complexity index is 191. The molecule has 1 unspecified atom stereocenters. The van der Waals surface area contributed by atoms with E-state index in [9.17, 15) is 9.90 Å². The Morgan fingerprint density at radius 3 is 2.24 bits per heavy atom. The maximum absolute atomic E-state index is 10.3. The van der Waals surface area contributed by atoms with Crippen molar-refractivity contribution in [3.8, 4) is 0 Å². The second-order valence-corrected chi connectivity index (χ2v) is 4.64. The fourth-order valence-electron chi connectivity index (χ4n) is 1.66. The number of carboxylic acid groups (broad SMARTS) is 1. The molecule has 0 aliphatic carbocycles. The Labute approximate surface area is 105 Å². The van der Waals surface area contributed by atoms with Crippen LogP contribution in [0.2, 0.25) is 0 Å². The third-order valence-corrected chi connectivity index (χ3v) is 3.08. The van der Waals surface area contributed by atoms with Gasteiger partial charge in [-0.2, -0.15) is 0 Å². The van der Waals surface area contributed by atoms with Crippen molar-refractivity contribution in [3.05, 3.63) is 0 Å². The first-order valence-electron chi connectivity index (χ1n) is 6.71. The van der Waals surface area contributed by atoms with Crippen LogP contribution in [-0.4, -0.2) is 39.3 Å². The average Bonchev–Trinajstić information content (AvgIpc) is 2.31. The van der Waals surface area contributed by atoms with Crippen LogP contribution in [0.4, 0.5) is 0 Å². The van der Waals surface area contributed by atoms with Crippen LogP contribution in [-0.2, 0) is 9.53 Å². The van der Waals surface area contributed by atoms with E-state index < -0.39 is 5.97 Å². The SMILES string of the molecule is CCCCC(CC)C(=O)[O-].C[NH+]1CCOCC1. The second kappa shape index (κ2) is 10.5. The van der Waals surface area contributed by atoms with E-state index in [-0.39, 0.29) is 5.92 Å². The second-order valence-electron chi connectivity index (χ2n) is 4.64. The maximum Gasteiger partial charge on any atom is 0.101 e. The first kappa shape index (κ1) is 16.4. The number of carboxylic acids is 1. The number of ether oxygens (including phenoxy) is 1. The molecular formula is C13H27NO3. The molecule has 0 aromatic carbocycles. The molecule has 1 rings (SSSR count). The van der Waals surface area contributed by atoms with Crippen molar-refractivity contribution in [2.24, 2.45) is 5.92 Å². The number of nitrogens with one attached hydrogen (secondary N) is 1. The number of hydrogen-bond donors (Lipinski definition) is 1. The highest BCUT2D eigenvalue weighted by Gasteiger charge is 2.06. The summed E-state index contributed by atoms with van der Waals surface area (Å²) in [5.41, 5.74) is 0. The molecule has 0 bridgehead atoms. The summed E-state index contributed by atoms with van der Waals surface area (Å²) in [5, 5.41) is 10.3. The molecule has 1 N–H and O–H groups in total. The normalized spacial score (nSPS) is 18.1. The molecule has 1 atom stereocenters. The largest absolute Gasteiger partial charge is 0.550 e. The zero-order chi connectivity index (χ0) is 13.1. The number of carbonyl (C=O) groups excluding carboxylic acids is 1. The first-order chi connectivity index (χ1) is 8.11. The van der Waals surface area contributed by atoms with Crippen molar-refractivity contribution in [3.63, 3.8) is 0 Å². The van der Waals surface area contributed by atoms with Gasteiger partial charge in [-0.1, -0.05) is 26.7 Å². The summed E-state index contributed by atoms with van der Waals surface area (Å²) in [7, 11) is 2.20. The molecule has 102 valence electrons. The van der Waals surface area contributed by atoms with E-state index >= 15 is 0 Å². The van der Waals surface area contributed by atoms with E-state index in [1.54, 1.807) is 4.90 Å². The Kier molecular flexibility index (Phi) is 10.2. The number of morpholine rings is 1. The van der Waals surface area contributed by atoms with Gasteiger partial charge in [0.05, 0.1) is 20.3 Å². The van der Waals surface area contributed by atoms with Gasteiger partial charge in [0.15, 0.2) is 0 Å². The summed E-state index contributed by atoms with van der Waals surface area (Å²) >= 11 is 0. The molecule has 0 radical (unpaired) electrons. The van der Waals surface area contributed by atoms with Gasteiger partial charge in [0.1, 0.15) is 13.1 Å². The Balaban J connectivity index is 0.000000318. The van der Waals surface area contributed by atoms with Crippen LogP contribution in [0, 0.1) is 5.92 Å². The summed E-state index contributed by atoms with van der Waals surface area (Å²) < 4.78 is 5.12. The Morgan fingerprint density at radius 1 is 1.35 bits per heavy atom. The van der Waals surface area contributed by atoms with Gasteiger partial charge >= 0.3 is 0 Å². The zero-order valence-electron chi connectivity index (χ0n) is 11.5. The molecular weight excluding hydrogens is 218 g/mol. The molecule has 0 saturated carbocycles. The van der Waals surface area contributed by atoms with Crippen molar-refractivity contribution < 1.29 is 19.5 Å². The third-order valence-electron chi connectivity index (χ3n) is 3.08. The summed E-state index contributed by atoms with van der Waals surface area (Å²) in [6.07, 6.45) is 3.52. The van der Waals surface area contributed by atoms with Crippen LogP contribution in [0.5, 0.6) is 0 Å². The third kappa shape index (κ3) is 9.12. The van der Waals surface area contributed by atoms with E-state index in [1.807, 2.05) is 6.92 Å². The highest BCUT2D eigenvalue weighted by atomic mass is 16.5. The smallest absolute Gasteiger partial charge is 0.101 e. The minimum absolute atomic E-state index is 0.222. The summed E-state index contributed by atoms with van der Waals surface area (Å²) in [6, 6.07) is 0. The van der Waals surface area contributed by atoms with Gasteiger partial charge in [-0.15, -0.1) is 0 Å². The van der Waals surface area contributed by atoms with Gasteiger partial charge in [0.25, 0.3) is 0 Å². The molecule has 0 spiro atoms. The number of carbonyl (C=O) groups is 1. The predicted octanol–water partition coefficient (Wildman–Crippen LogP) is -0.516. The lowest BCUT2D eigenvalue weighted by Crippen LogP contribution is -3.11. The molecule has 4 nitrogen and oxygen atoms in total. The van der Waals surface area contributed by atoms with Gasteiger partial charge in [-0.25, -0.2) is 0 Å².